The molecule has 156 valence electrons. The van der Waals surface area contributed by atoms with E-state index < -0.39 is 6.23 Å². The first-order valence-electron chi connectivity index (χ1n) is 9.67. The minimum absolute atomic E-state index is 0.188. The molecule has 2 heterocycles. The second-order valence-electron chi connectivity index (χ2n) is 6.88. The van der Waals surface area contributed by atoms with E-state index in [1.165, 1.54) is 18.6 Å². The molecule has 0 aliphatic carbocycles. The summed E-state index contributed by atoms with van der Waals surface area (Å²) in [5, 5.41) is 32.2. The number of anilines is 1. The lowest BCUT2D eigenvalue weighted by Crippen LogP contribution is -2.17. The molecular formula is C21H21BrN4O3S. The summed E-state index contributed by atoms with van der Waals surface area (Å²) in [4.78, 5) is 4.62. The molecule has 1 aromatic heterocycles. The first kappa shape index (κ1) is 20.7. The van der Waals surface area contributed by atoms with E-state index >= 15 is 0 Å². The van der Waals surface area contributed by atoms with Crippen molar-refractivity contribution in [3.63, 3.8) is 0 Å². The number of halogens is 1. The second kappa shape index (κ2) is 9.09. The van der Waals surface area contributed by atoms with Crippen molar-refractivity contribution >= 4 is 33.4 Å². The molecule has 4 rings (SSSR count). The molecule has 3 N–H and O–H groups in total. The van der Waals surface area contributed by atoms with Gasteiger partial charge in [-0.05, 0) is 42.8 Å². The van der Waals surface area contributed by atoms with E-state index in [0.717, 1.165) is 34.3 Å². The number of benzene rings is 2. The van der Waals surface area contributed by atoms with Gasteiger partial charge in [-0.3, -0.25) is 0 Å². The Kier molecular flexibility index (Phi) is 6.29. The Morgan fingerprint density at radius 3 is 2.77 bits per heavy atom. The second-order valence-corrected chi connectivity index (χ2v) is 8.86. The summed E-state index contributed by atoms with van der Waals surface area (Å²) in [6, 6.07) is 10.3. The molecule has 0 bridgehead atoms. The summed E-state index contributed by atoms with van der Waals surface area (Å²) in [6.45, 7) is 2.17. The molecule has 1 atom stereocenters. The van der Waals surface area contributed by atoms with E-state index in [1.54, 1.807) is 17.8 Å². The van der Waals surface area contributed by atoms with Gasteiger partial charge in [0.05, 0.1) is 0 Å². The average Bonchev–Trinajstić information content (AvgIpc) is 2.89. The standard InChI is InChI=1S/C21H21BrN4O3S/c1-2-3-4-9-30-21-24-20-18(25-26-21)14-11-13(22)6-7-15(14)23-19(29-20)12-5-8-16(27)17(28)10-12/h5-8,10-11,19,23,27-28H,2-4,9H2,1H3/t19-/m1/s1. The van der Waals surface area contributed by atoms with Crippen LogP contribution in [-0.2, 0) is 0 Å². The van der Waals surface area contributed by atoms with Crippen LogP contribution in [0.15, 0.2) is 46.0 Å². The van der Waals surface area contributed by atoms with Crippen LogP contribution in [0, 0.1) is 0 Å². The van der Waals surface area contributed by atoms with Crippen LogP contribution in [-0.4, -0.2) is 31.1 Å². The lowest BCUT2D eigenvalue weighted by molar-refractivity contribution is 0.224. The number of hydrogen-bond donors (Lipinski definition) is 3. The van der Waals surface area contributed by atoms with Crippen LogP contribution < -0.4 is 10.1 Å². The maximum absolute atomic E-state index is 9.93. The number of thioether (sulfide) groups is 1. The Bertz CT molecular complexity index is 1070. The predicted molar refractivity (Wildman–Crippen MR) is 120 cm³/mol. The van der Waals surface area contributed by atoms with Gasteiger partial charge in [-0.25, -0.2) is 0 Å². The van der Waals surface area contributed by atoms with Crippen molar-refractivity contribution in [1.29, 1.82) is 0 Å². The number of nitrogens with zero attached hydrogens (tertiary/aromatic N) is 3. The Morgan fingerprint density at radius 2 is 1.97 bits per heavy atom. The highest BCUT2D eigenvalue weighted by Gasteiger charge is 2.27. The van der Waals surface area contributed by atoms with Gasteiger partial charge in [-0.2, -0.15) is 4.98 Å². The number of rotatable bonds is 6. The van der Waals surface area contributed by atoms with Crippen molar-refractivity contribution in [3.05, 3.63) is 46.4 Å². The third-order valence-corrected chi connectivity index (χ3v) is 6.09. The molecule has 9 heteroatoms. The largest absolute Gasteiger partial charge is 0.504 e. The van der Waals surface area contributed by atoms with Gasteiger partial charge in [0, 0.05) is 27.0 Å². The van der Waals surface area contributed by atoms with Crippen LogP contribution in [0.1, 0.15) is 38.0 Å². The molecule has 0 radical (unpaired) electrons. The predicted octanol–water partition coefficient (Wildman–Crippen LogP) is 5.50. The number of aromatic hydroxyl groups is 2. The summed E-state index contributed by atoms with van der Waals surface area (Å²) < 4.78 is 7.08. The smallest absolute Gasteiger partial charge is 0.247 e. The third-order valence-electron chi connectivity index (χ3n) is 4.67. The van der Waals surface area contributed by atoms with Gasteiger partial charge in [0.1, 0.15) is 0 Å². The number of phenols is 2. The number of phenolic OH excluding ortho intramolecular Hbond substituents is 2. The molecule has 0 spiro atoms. The van der Waals surface area contributed by atoms with E-state index in [-0.39, 0.29) is 11.5 Å². The monoisotopic (exact) mass is 488 g/mol. The summed E-state index contributed by atoms with van der Waals surface area (Å²) >= 11 is 5.06. The van der Waals surface area contributed by atoms with E-state index in [2.05, 4.69) is 43.4 Å². The van der Waals surface area contributed by atoms with Crippen LogP contribution in [0.5, 0.6) is 17.4 Å². The normalized spacial score (nSPS) is 14.8. The summed E-state index contributed by atoms with van der Waals surface area (Å²) in [5.74, 6) is 0.882. The molecule has 3 aromatic rings. The molecule has 0 saturated heterocycles. The molecule has 1 aliphatic heterocycles. The fourth-order valence-corrected chi connectivity index (χ4v) is 4.24. The highest BCUT2D eigenvalue weighted by atomic mass is 79.9. The number of aromatic nitrogens is 3. The van der Waals surface area contributed by atoms with Crippen LogP contribution in [0.3, 0.4) is 0 Å². The van der Waals surface area contributed by atoms with Crippen molar-refractivity contribution < 1.29 is 14.9 Å². The fraction of sp³-hybridized carbons (Fsp3) is 0.286. The molecule has 0 unspecified atom stereocenters. The van der Waals surface area contributed by atoms with Gasteiger partial charge < -0.3 is 20.3 Å². The van der Waals surface area contributed by atoms with Crippen molar-refractivity contribution in [3.8, 4) is 28.6 Å². The van der Waals surface area contributed by atoms with Crippen molar-refractivity contribution in [2.45, 2.75) is 37.6 Å². The number of fused-ring (bicyclic) bond motifs is 3. The lowest BCUT2D eigenvalue weighted by atomic mass is 10.1. The van der Waals surface area contributed by atoms with Crippen LogP contribution >= 0.6 is 27.7 Å². The minimum atomic E-state index is -0.632. The van der Waals surface area contributed by atoms with Crippen LogP contribution in [0.2, 0.25) is 0 Å². The molecule has 2 aromatic carbocycles. The summed E-state index contributed by atoms with van der Waals surface area (Å²) in [6.07, 6.45) is 2.78. The molecule has 0 saturated carbocycles. The van der Waals surface area contributed by atoms with Gasteiger partial charge in [0.2, 0.25) is 11.0 Å². The number of unbranched alkanes of at least 4 members (excludes halogenated alkanes) is 2. The molecule has 1 aliphatic rings. The van der Waals surface area contributed by atoms with E-state index in [1.807, 2.05) is 18.2 Å². The topological polar surface area (TPSA) is 100 Å². The van der Waals surface area contributed by atoms with Crippen molar-refractivity contribution in [2.75, 3.05) is 11.1 Å². The van der Waals surface area contributed by atoms with Gasteiger partial charge in [0.25, 0.3) is 0 Å². The SMILES string of the molecule is CCCCCSc1nnc2c(n1)O[C@H](c1ccc(O)c(O)c1)Nc1ccc(Br)cc1-2. The quantitative estimate of drug-likeness (QED) is 0.237. The number of hydrogen-bond acceptors (Lipinski definition) is 8. The van der Waals surface area contributed by atoms with Crippen LogP contribution in [0.4, 0.5) is 5.69 Å². The minimum Gasteiger partial charge on any atom is -0.504 e. The Morgan fingerprint density at radius 1 is 1.10 bits per heavy atom. The molecule has 30 heavy (non-hydrogen) atoms. The van der Waals surface area contributed by atoms with Crippen molar-refractivity contribution in [2.24, 2.45) is 0 Å². The van der Waals surface area contributed by atoms with Gasteiger partial charge in [0.15, 0.2) is 23.4 Å². The summed E-state index contributed by atoms with van der Waals surface area (Å²) in [5.41, 5.74) is 2.80. The number of nitrogens with one attached hydrogen (secondary N) is 1. The fourth-order valence-electron chi connectivity index (χ4n) is 3.10. The Hall–Kier alpha value is -2.52. The first-order valence-corrected chi connectivity index (χ1v) is 11.5. The molecule has 0 amide bonds. The van der Waals surface area contributed by atoms with Crippen molar-refractivity contribution in [1.82, 2.24) is 15.2 Å². The summed E-state index contributed by atoms with van der Waals surface area (Å²) in [7, 11) is 0. The van der Waals surface area contributed by atoms with E-state index in [9.17, 15) is 10.2 Å². The Balaban J connectivity index is 1.72. The highest BCUT2D eigenvalue weighted by Crippen LogP contribution is 2.41. The zero-order chi connectivity index (χ0) is 21.1. The Labute approximate surface area is 187 Å². The lowest BCUT2D eigenvalue weighted by Gasteiger charge is -2.19. The van der Waals surface area contributed by atoms with Gasteiger partial charge in [-0.1, -0.05) is 47.5 Å². The maximum atomic E-state index is 9.93. The average molecular weight is 489 g/mol. The number of ether oxygens (including phenoxy) is 1. The van der Waals surface area contributed by atoms with Crippen LogP contribution in [0.25, 0.3) is 11.3 Å². The zero-order valence-electron chi connectivity index (χ0n) is 16.3. The molecular weight excluding hydrogens is 468 g/mol. The molecule has 0 fully saturated rings. The van der Waals surface area contributed by atoms with Gasteiger partial charge in [-0.15, -0.1) is 10.2 Å². The highest BCUT2D eigenvalue weighted by molar-refractivity contribution is 9.10. The first-order chi connectivity index (χ1) is 14.5. The van der Waals surface area contributed by atoms with E-state index in [0.29, 0.717) is 22.3 Å². The zero-order valence-corrected chi connectivity index (χ0v) is 18.7. The third kappa shape index (κ3) is 4.46. The molecule has 7 nitrogen and oxygen atoms in total. The maximum Gasteiger partial charge on any atom is 0.247 e. The van der Waals surface area contributed by atoms with Gasteiger partial charge >= 0.3 is 0 Å². The van der Waals surface area contributed by atoms with E-state index in [4.69, 9.17) is 4.74 Å².